The van der Waals surface area contributed by atoms with Crippen LogP contribution in [0.25, 0.3) is 0 Å². The highest BCUT2D eigenvalue weighted by atomic mass is 16.5. The standard InChI is InChI=1S/C20H23NO2/c1-15(2)23-19-10-8-17(9-11-19)20(22)21-13-12-18(14-21)16-6-4-3-5-7-16/h3-11,15,18H,12-14H2,1-2H3. The van der Waals surface area contributed by atoms with Gasteiger partial charge in [0.2, 0.25) is 0 Å². The molecule has 1 saturated heterocycles. The topological polar surface area (TPSA) is 29.5 Å². The largest absolute Gasteiger partial charge is 0.491 e. The predicted molar refractivity (Wildman–Crippen MR) is 91.9 cm³/mol. The van der Waals surface area contributed by atoms with Gasteiger partial charge in [0, 0.05) is 24.6 Å². The molecule has 0 spiro atoms. The number of carbonyl (C=O) groups is 1. The van der Waals surface area contributed by atoms with Gasteiger partial charge in [-0.1, -0.05) is 30.3 Å². The van der Waals surface area contributed by atoms with Crippen molar-refractivity contribution in [1.29, 1.82) is 0 Å². The number of hydrogen-bond acceptors (Lipinski definition) is 2. The number of likely N-dealkylation sites (tertiary alicyclic amines) is 1. The lowest BCUT2D eigenvalue weighted by atomic mass is 9.99. The van der Waals surface area contributed by atoms with E-state index in [1.165, 1.54) is 5.56 Å². The van der Waals surface area contributed by atoms with E-state index in [0.29, 0.717) is 5.92 Å². The molecule has 2 aromatic rings. The van der Waals surface area contributed by atoms with Gasteiger partial charge >= 0.3 is 0 Å². The van der Waals surface area contributed by atoms with E-state index in [9.17, 15) is 4.79 Å². The number of benzene rings is 2. The van der Waals surface area contributed by atoms with Gasteiger partial charge in [0.25, 0.3) is 5.91 Å². The van der Waals surface area contributed by atoms with Crippen molar-refractivity contribution in [3.8, 4) is 5.75 Å². The van der Waals surface area contributed by atoms with Gasteiger partial charge in [-0.05, 0) is 50.1 Å². The fourth-order valence-corrected chi connectivity index (χ4v) is 3.07. The van der Waals surface area contributed by atoms with Crippen LogP contribution < -0.4 is 4.74 Å². The lowest BCUT2D eigenvalue weighted by Crippen LogP contribution is -2.28. The molecule has 0 aromatic heterocycles. The molecule has 0 N–H and O–H groups in total. The van der Waals surface area contributed by atoms with Crippen LogP contribution >= 0.6 is 0 Å². The van der Waals surface area contributed by atoms with Gasteiger partial charge in [0.05, 0.1) is 6.10 Å². The summed E-state index contributed by atoms with van der Waals surface area (Å²) < 4.78 is 5.62. The first kappa shape index (κ1) is 15.6. The Balaban J connectivity index is 1.65. The third-order valence-electron chi connectivity index (χ3n) is 4.22. The Morgan fingerprint density at radius 2 is 1.78 bits per heavy atom. The zero-order valence-corrected chi connectivity index (χ0v) is 13.7. The minimum Gasteiger partial charge on any atom is -0.491 e. The molecule has 0 bridgehead atoms. The van der Waals surface area contributed by atoms with Crippen LogP contribution in [-0.2, 0) is 0 Å². The van der Waals surface area contributed by atoms with Gasteiger partial charge in [-0.25, -0.2) is 0 Å². The third kappa shape index (κ3) is 3.73. The van der Waals surface area contributed by atoms with Gasteiger partial charge in [-0.3, -0.25) is 4.79 Å². The average Bonchev–Trinajstić information content (AvgIpc) is 3.05. The highest BCUT2D eigenvalue weighted by Crippen LogP contribution is 2.28. The summed E-state index contributed by atoms with van der Waals surface area (Å²) in [6.07, 6.45) is 1.17. The van der Waals surface area contributed by atoms with Crippen LogP contribution in [0.1, 0.15) is 42.1 Å². The first-order chi connectivity index (χ1) is 11.1. The quantitative estimate of drug-likeness (QED) is 0.851. The first-order valence-electron chi connectivity index (χ1n) is 8.24. The van der Waals surface area contributed by atoms with Gasteiger partial charge in [0.15, 0.2) is 0 Å². The lowest BCUT2D eigenvalue weighted by Gasteiger charge is -2.17. The van der Waals surface area contributed by atoms with Gasteiger partial charge in [-0.15, -0.1) is 0 Å². The van der Waals surface area contributed by atoms with E-state index in [0.717, 1.165) is 30.8 Å². The van der Waals surface area contributed by atoms with Crippen LogP contribution in [0.2, 0.25) is 0 Å². The van der Waals surface area contributed by atoms with Crippen molar-refractivity contribution in [2.24, 2.45) is 0 Å². The Bertz CT molecular complexity index is 649. The lowest BCUT2D eigenvalue weighted by molar-refractivity contribution is 0.0790. The van der Waals surface area contributed by atoms with Gasteiger partial charge in [-0.2, -0.15) is 0 Å². The monoisotopic (exact) mass is 309 g/mol. The number of ether oxygens (including phenoxy) is 1. The molecule has 1 fully saturated rings. The summed E-state index contributed by atoms with van der Waals surface area (Å²) in [7, 11) is 0. The van der Waals surface area contributed by atoms with E-state index in [-0.39, 0.29) is 12.0 Å². The molecule has 1 aliphatic rings. The summed E-state index contributed by atoms with van der Waals surface area (Å²) in [5.74, 6) is 1.36. The molecular weight excluding hydrogens is 286 g/mol. The Kier molecular flexibility index (Phi) is 4.65. The summed E-state index contributed by atoms with van der Waals surface area (Å²) in [4.78, 5) is 14.6. The molecule has 1 unspecified atom stereocenters. The maximum absolute atomic E-state index is 12.6. The summed E-state index contributed by atoms with van der Waals surface area (Å²) >= 11 is 0. The molecule has 1 heterocycles. The van der Waals surface area contributed by atoms with Crippen LogP contribution in [-0.4, -0.2) is 30.0 Å². The van der Waals surface area contributed by atoms with Crippen molar-refractivity contribution in [3.63, 3.8) is 0 Å². The molecule has 120 valence electrons. The molecule has 1 aliphatic heterocycles. The van der Waals surface area contributed by atoms with E-state index in [1.54, 1.807) is 0 Å². The molecule has 23 heavy (non-hydrogen) atoms. The van der Waals surface area contributed by atoms with Crippen molar-refractivity contribution >= 4 is 5.91 Å². The highest BCUT2D eigenvalue weighted by Gasteiger charge is 2.27. The first-order valence-corrected chi connectivity index (χ1v) is 8.24. The van der Waals surface area contributed by atoms with E-state index in [2.05, 4.69) is 24.3 Å². The van der Waals surface area contributed by atoms with Gasteiger partial charge < -0.3 is 9.64 Å². The van der Waals surface area contributed by atoms with Crippen molar-refractivity contribution in [1.82, 2.24) is 4.90 Å². The maximum atomic E-state index is 12.6. The van der Waals surface area contributed by atoms with E-state index in [4.69, 9.17) is 4.74 Å². The fraction of sp³-hybridized carbons (Fsp3) is 0.350. The second kappa shape index (κ2) is 6.86. The predicted octanol–water partition coefficient (Wildman–Crippen LogP) is 4.10. The van der Waals surface area contributed by atoms with Crippen molar-refractivity contribution in [3.05, 3.63) is 65.7 Å². The van der Waals surface area contributed by atoms with E-state index >= 15 is 0 Å². The maximum Gasteiger partial charge on any atom is 0.253 e. The Labute approximate surface area is 137 Å². The summed E-state index contributed by atoms with van der Waals surface area (Å²) in [6.45, 7) is 5.61. The number of nitrogens with zero attached hydrogens (tertiary/aromatic N) is 1. The SMILES string of the molecule is CC(C)Oc1ccc(C(=O)N2CCC(c3ccccc3)C2)cc1. The molecule has 0 aliphatic carbocycles. The molecule has 2 aromatic carbocycles. The number of carbonyl (C=O) groups excluding carboxylic acids is 1. The highest BCUT2D eigenvalue weighted by molar-refractivity contribution is 5.94. The molecule has 1 amide bonds. The second-order valence-electron chi connectivity index (χ2n) is 6.34. The number of hydrogen-bond donors (Lipinski definition) is 0. The Morgan fingerprint density at radius 3 is 2.43 bits per heavy atom. The molecule has 0 saturated carbocycles. The van der Waals surface area contributed by atoms with Crippen molar-refractivity contribution in [2.45, 2.75) is 32.3 Å². The minimum absolute atomic E-state index is 0.111. The van der Waals surface area contributed by atoms with Crippen LogP contribution in [0.5, 0.6) is 5.75 Å². The zero-order chi connectivity index (χ0) is 16.2. The van der Waals surface area contributed by atoms with Crippen LogP contribution in [0.3, 0.4) is 0 Å². The summed E-state index contributed by atoms with van der Waals surface area (Å²) in [5.41, 5.74) is 2.05. The molecule has 3 rings (SSSR count). The Hall–Kier alpha value is -2.29. The van der Waals surface area contributed by atoms with E-state index < -0.39 is 0 Å². The molecule has 0 radical (unpaired) electrons. The Morgan fingerprint density at radius 1 is 1.09 bits per heavy atom. The average molecular weight is 309 g/mol. The third-order valence-corrected chi connectivity index (χ3v) is 4.22. The van der Waals surface area contributed by atoms with E-state index in [1.807, 2.05) is 49.1 Å². The normalized spacial score (nSPS) is 17.5. The van der Waals surface area contributed by atoms with Crippen molar-refractivity contribution in [2.75, 3.05) is 13.1 Å². The molecule has 3 nitrogen and oxygen atoms in total. The van der Waals surface area contributed by atoms with Crippen molar-refractivity contribution < 1.29 is 9.53 Å². The zero-order valence-electron chi connectivity index (χ0n) is 13.7. The second-order valence-corrected chi connectivity index (χ2v) is 6.34. The van der Waals surface area contributed by atoms with Crippen LogP contribution in [0, 0.1) is 0 Å². The fourth-order valence-electron chi connectivity index (χ4n) is 3.07. The molecule has 1 atom stereocenters. The van der Waals surface area contributed by atoms with Gasteiger partial charge in [0.1, 0.15) is 5.75 Å². The summed E-state index contributed by atoms with van der Waals surface area (Å²) in [6, 6.07) is 17.9. The molecule has 3 heteroatoms. The summed E-state index contributed by atoms with van der Waals surface area (Å²) in [5, 5.41) is 0. The minimum atomic E-state index is 0.111. The molecular formula is C20H23NO2. The smallest absolute Gasteiger partial charge is 0.253 e. The van der Waals surface area contributed by atoms with Crippen LogP contribution in [0.15, 0.2) is 54.6 Å². The number of rotatable bonds is 4. The number of amides is 1. The van der Waals surface area contributed by atoms with Crippen LogP contribution in [0.4, 0.5) is 0 Å².